The highest BCUT2D eigenvalue weighted by Crippen LogP contribution is 2.31. The Hall–Kier alpha value is -0.820. The van der Waals surface area contributed by atoms with Crippen LogP contribution in [0.1, 0.15) is 56.3 Å². The van der Waals surface area contributed by atoms with E-state index >= 15 is 0 Å². The van der Waals surface area contributed by atoms with Gasteiger partial charge in [-0.25, -0.2) is 0 Å². The van der Waals surface area contributed by atoms with Gasteiger partial charge < -0.3 is 5.73 Å². The van der Waals surface area contributed by atoms with Crippen molar-refractivity contribution in [3.8, 4) is 0 Å². The van der Waals surface area contributed by atoms with E-state index in [-0.39, 0.29) is 6.04 Å². The molecule has 1 aliphatic carbocycles. The average Bonchev–Trinajstić information content (AvgIpc) is 2.38. The second-order valence-electron chi connectivity index (χ2n) is 6.12. The molecule has 94 valence electrons. The third-order valence-corrected chi connectivity index (χ3v) is 3.82. The van der Waals surface area contributed by atoms with Gasteiger partial charge in [-0.3, -0.25) is 0 Å². The fraction of sp³-hybridized carbons (Fsp3) is 0.625. The van der Waals surface area contributed by atoms with Gasteiger partial charge in [0.25, 0.3) is 0 Å². The van der Waals surface area contributed by atoms with E-state index in [1.165, 1.54) is 29.5 Å². The molecule has 1 heteroatoms. The van der Waals surface area contributed by atoms with E-state index in [0.717, 1.165) is 18.8 Å². The highest BCUT2D eigenvalue weighted by atomic mass is 14.6. The summed E-state index contributed by atoms with van der Waals surface area (Å²) < 4.78 is 0. The topological polar surface area (TPSA) is 26.0 Å². The van der Waals surface area contributed by atoms with Crippen LogP contribution in [0.25, 0.3) is 0 Å². The molecule has 0 heterocycles. The Balaban J connectivity index is 2.27. The lowest BCUT2D eigenvalue weighted by Crippen LogP contribution is -2.13. The zero-order chi connectivity index (χ0) is 12.4. The van der Waals surface area contributed by atoms with Crippen LogP contribution in [0.4, 0.5) is 0 Å². The molecule has 0 aliphatic heterocycles. The van der Waals surface area contributed by atoms with E-state index in [1.54, 1.807) is 0 Å². The lowest BCUT2D eigenvalue weighted by Gasteiger charge is -2.16. The number of hydrogen-bond donors (Lipinski definition) is 1. The van der Waals surface area contributed by atoms with Gasteiger partial charge >= 0.3 is 0 Å². The third-order valence-electron chi connectivity index (χ3n) is 3.82. The van der Waals surface area contributed by atoms with Gasteiger partial charge in [0, 0.05) is 6.04 Å². The van der Waals surface area contributed by atoms with Crippen molar-refractivity contribution in [2.75, 3.05) is 0 Å². The summed E-state index contributed by atoms with van der Waals surface area (Å²) in [7, 11) is 0. The smallest absolute Gasteiger partial charge is 0.0300 e. The Morgan fingerprint density at radius 3 is 2.82 bits per heavy atom. The maximum atomic E-state index is 6.34. The van der Waals surface area contributed by atoms with Crippen LogP contribution in [-0.4, -0.2) is 0 Å². The first-order valence-electron chi connectivity index (χ1n) is 6.93. The quantitative estimate of drug-likeness (QED) is 0.769. The van der Waals surface area contributed by atoms with E-state index in [9.17, 15) is 0 Å². The molecule has 1 aromatic carbocycles. The molecule has 0 aromatic heterocycles. The van der Waals surface area contributed by atoms with Crippen LogP contribution in [0.15, 0.2) is 18.2 Å². The zero-order valence-electron chi connectivity index (χ0n) is 11.4. The van der Waals surface area contributed by atoms with E-state index in [2.05, 4.69) is 39.0 Å². The van der Waals surface area contributed by atoms with Gasteiger partial charge in [-0.1, -0.05) is 39.0 Å². The molecule has 2 N–H and O–H groups in total. The summed E-state index contributed by atoms with van der Waals surface area (Å²) in [5, 5.41) is 0. The zero-order valence-corrected chi connectivity index (χ0v) is 11.4. The monoisotopic (exact) mass is 231 g/mol. The number of nitrogens with two attached hydrogens (primary N) is 1. The molecule has 0 fully saturated rings. The maximum absolute atomic E-state index is 6.34. The van der Waals surface area contributed by atoms with E-state index in [4.69, 9.17) is 5.73 Å². The summed E-state index contributed by atoms with van der Waals surface area (Å²) in [4.78, 5) is 0. The van der Waals surface area contributed by atoms with Gasteiger partial charge in [-0.2, -0.15) is 0 Å². The first-order valence-corrected chi connectivity index (χ1v) is 6.93. The van der Waals surface area contributed by atoms with E-state index in [0.29, 0.717) is 5.92 Å². The minimum absolute atomic E-state index is 0.245. The molecule has 1 nitrogen and oxygen atoms in total. The minimum atomic E-state index is 0.245. The molecule has 0 saturated heterocycles. The predicted molar refractivity (Wildman–Crippen MR) is 74.0 cm³/mol. The summed E-state index contributed by atoms with van der Waals surface area (Å²) >= 11 is 0. The lowest BCUT2D eigenvalue weighted by molar-refractivity contribution is 0.464. The number of rotatable bonds is 2. The number of benzene rings is 1. The van der Waals surface area contributed by atoms with Crippen LogP contribution in [-0.2, 0) is 12.8 Å². The molecule has 0 spiro atoms. The summed E-state index contributed by atoms with van der Waals surface area (Å²) in [5.74, 6) is 1.47. The third kappa shape index (κ3) is 3.10. The first-order chi connectivity index (χ1) is 8.06. The molecule has 2 rings (SSSR count). The predicted octanol–water partition coefficient (Wildman–Crippen LogP) is 3.86. The molecular formula is C16H25N. The Kier molecular flexibility index (Phi) is 3.88. The first kappa shape index (κ1) is 12.6. The molecule has 2 atom stereocenters. The van der Waals surface area contributed by atoms with Gasteiger partial charge in [-0.15, -0.1) is 0 Å². The number of fused-ring (bicyclic) bond motifs is 1. The van der Waals surface area contributed by atoms with Crippen LogP contribution in [0.2, 0.25) is 0 Å². The number of hydrogen-bond acceptors (Lipinski definition) is 1. The van der Waals surface area contributed by atoms with Crippen molar-refractivity contribution in [1.29, 1.82) is 0 Å². The molecule has 2 unspecified atom stereocenters. The second kappa shape index (κ2) is 5.22. The summed E-state index contributed by atoms with van der Waals surface area (Å²) in [6, 6.07) is 7.21. The largest absolute Gasteiger partial charge is 0.324 e. The van der Waals surface area contributed by atoms with Crippen LogP contribution >= 0.6 is 0 Å². The molecule has 0 amide bonds. The van der Waals surface area contributed by atoms with Crippen LogP contribution < -0.4 is 5.73 Å². The molecule has 1 aromatic rings. The lowest BCUT2D eigenvalue weighted by atomic mass is 9.93. The SMILES string of the molecule is CC(C)Cc1ccc2c(c1)C(N)CC(C)CC2. The van der Waals surface area contributed by atoms with Crippen molar-refractivity contribution in [1.82, 2.24) is 0 Å². The van der Waals surface area contributed by atoms with Gasteiger partial charge in [0.05, 0.1) is 0 Å². The molecule has 0 radical (unpaired) electrons. The standard InChI is InChI=1S/C16H25N/c1-11(2)8-13-5-7-14-6-4-12(3)9-16(17)15(14)10-13/h5,7,10-12,16H,4,6,8-9,17H2,1-3H3. The normalized spacial score (nSPS) is 24.5. The highest BCUT2D eigenvalue weighted by molar-refractivity contribution is 5.35. The van der Waals surface area contributed by atoms with Crippen molar-refractivity contribution in [2.45, 2.75) is 52.5 Å². The van der Waals surface area contributed by atoms with Crippen molar-refractivity contribution in [3.05, 3.63) is 34.9 Å². The van der Waals surface area contributed by atoms with Crippen LogP contribution in [0.5, 0.6) is 0 Å². The fourth-order valence-corrected chi connectivity index (χ4v) is 2.90. The van der Waals surface area contributed by atoms with Crippen LogP contribution in [0, 0.1) is 11.8 Å². The fourth-order valence-electron chi connectivity index (χ4n) is 2.90. The Bertz CT molecular complexity index is 381. The van der Waals surface area contributed by atoms with Gasteiger partial charge in [-0.05, 0) is 54.2 Å². The molecule has 0 bridgehead atoms. The van der Waals surface area contributed by atoms with Gasteiger partial charge in [0.15, 0.2) is 0 Å². The van der Waals surface area contributed by atoms with Gasteiger partial charge in [0.2, 0.25) is 0 Å². The Labute approximate surface area is 105 Å². The van der Waals surface area contributed by atoms with Crippen molar-refractivity contribution < 1.29 is 0 Å². The molecule has 1 aliphatic rings. The summed E-state index contributed by atoms with van der Waals surface area (Å²) in [5.41, 5.74) is 10.7. The summed E-state index contributed by atoms with van der Waals surface area (Å²) in [6.45, 7) is 6.86. The van der Waals surface area contributed by atoms with E-state index in [1.807, 2.05) is 0 Å². The Morgan fingerprint density at radius 2 is 2.12 bits per heavy atom. The molecule has 0 saturated carbocycles. The van der Waals surface area contributed by atoms with Crippen LogP contribution in [0.3, 0.4) is 0 Å². The maximum Gasteiger partial charge on any atom is 0.0300 e. The Morgan fingerprint density at radius 1 is 1.35 bits per heavy atom. The van der Waals surface area contributed by atoms with Crippen molar-refractivity contribution in [2.24, 2.45) is 17.6 Å². The number of aryl methyl sites for hydroxylation is 1. The van der Waals surface area contributed by atoms with E-state index < -0.39 is 0 Å². The summed E-state index contributed by atoms with van der Waals surface area (Å²) in [6.07, 6.45) is 4.78. The second-order valence-corrected chi connectivity index (χ2v) is 6.12. The molecular weight excluding hydrogens is 206 g/mol. The highest BCUT2D eigenvalue weighted by Gasteiger charge is 2.19. The van der Waals surface area contributed by atoms with Crippen molar-refractivity contribution >= 4 is 0 Å². The minimum Gasteiger partial charge on any atom is -0.324 e. The molecule has 17 heavy (non-hydrogen) atoms. The van der Waals surface area contributed by atoms with Crippen molar-refractivity contribution in [3.63, 3.8) is 0 Å². The average molecular weight is 231 g/mol. The van der Waals surface area contributed by atoms with Gasteiger partial charge in [0.1, 0.15) is 0 Å².